The minimum atomic E-state index is -4.73. The molecule has 5 nitrogen and oxygen atoms in total. The van der Waals surface area contributed by atoms with Crippen molar-refractivity contribution in [2.45, 2.75) is 32.7 Å². The number of thiazole rings is 1. The number of hydrogen-bond donors (Lipinski definition) is 0. The average molecular weight is 533 g/mol. The lowest BCUT2D eigenvalue weighted by Crippen LogP contribution is -2.19. The number of rotatable bonds is 8. The number of halogens is 6. The Balaban J connectivity index is 1.79. The summed E-state index contributed by atoms with van der Waals surface area (Å²) in [5.41, 5.74) is -0.438. The third-order valence-electron chi connectivity index (χ3n) is 5.09. The van der Waals surface area contributed by atoms with E-state index in [4.69, 9.17) is 4.74 Å². The van der Waals surface area contributed by atoms with E-state index in [1.807, 2.05) is 0 Å². The molecule has 36 heavy (non-hydrogen) atoms. The van der Waals surface area contributed by atoms with Crippen molar-refractivity contribution in [2.75, 3.05) is 25.2 Å². The molecule has 0 amide bonds. The summed E-state index contributed by atoms with van der Waals surface area (Å²) in [4.78, 5) is 18.2. The topological polar surface area (TPSA) is 51.7 Å². The van der Waals surface area contributed by atoms with Gasteiger partial charge in [-0.1, -0.05) is 12.1 Å². The summed E-state index contributed by atoms with van der Waals surface area (Å²) >= 11 is 1.25. The summed E-state index contributed by atoms with van der Waals surface area (Å²) < 4.78 is 89.1. The van der Waals surface area contributed by atoms with Gasteiger partial charge in [-0.15, -0.1) is 11.3 Å². The molecular formula is C24H22F6N2O3S. The van der Waals surface area contributed by atoms with Crippen molar-refractivity contribution in [1.82, 2.24) is 4.98 Å². The van der Waals surface area contributed by atoms with Crippen molar-refractivity contribution in [3.63, 3.8) is 0 Å². The first-order chi connectivity index (χ1) is 16.8. The van der Waals surface area contributed by atoms with Gasteiger partial charge in [0.1, 0.15) is 10.8 Å². The molecule has 1 heterocycles. The van der Waals surface area contributed by atoms with Crippen LogP contribution in [0.4, 0.5) is 32.0 Å². The molecule has 0 fully saturated rings. The van der Waals surface area contributed by atoms with Gasteiger partial charge in [0.2, 0.25) is 0 Å². The summed E-state index contributed by atoms with van der Waals surface area (Å²) in [6.07, 6.45) is -9.17. The minimum absolute atomic E-state index is 0.0790. The van der Waals surface area contributed by atoms with Crippen LogP contribution in [0, 0.1) is 6.92 Å². The van der Waals surface area contributed by atoms with Crippen molar-refractivity contribution in [1.29, 1.82) is 0 Å². The van der Waals surface area contributed by atoms with Gasteiger partial charge >= 0.3 is 18.3 Å². The molecule has 0 radical (unpaired) electrons. The smallest absolute Gasteiger partial charge is 0.420 e. The van der Waals surface area contributed by atoms with Crippen LogP contribution >= 0.6 is 11.3 Å². The van der Waals surface area contributed by atoms with Crippen LogP contribution in [0.5, 0.6) is 5.75 Å². The second-order valence-corrected chi connectivity index (χ2v) is 8.81. The van der Waals surface area contributed by atoms with Gasteiger partial charge in [0.25, 0.3) is 0 Å². The van der Waals surface area contributed by atoms with Gasteiger partial charge in [0, 0.05) is 23.2 Å². The fraction of sp³-hybridized carbons (Fsp3) is 0.333. The van der Waals surface area contributed by atoms with Crippen LogP contribution in [0.2, 0.25) is 0 Å². The van der Waals surface area contributed by atoms with Gasteiger partial charge in [0.05, 0.1) is 30.0 Å². The van der Waals surface area contributed by atoms with E-state index in [0.717, 1.165) is 29.1 Å². The van der Waals surface area contributed by atoms with Gasteiger partial charge in [-0.2, -0.15) is 26.3 Å². The van der Waals surface area contributed by atoms with E-state index in [2.05, 4.69) is 9.72 Å². The normalized spacial score (nSPS) is 11.9. The maximum Gasteiger partial charge on any atom is 0.420 e. The molecule has 12 heteroatoms. The Morgan fingerprint density at radius 2 is 1.69 bits per heavy atom. The zero-order valence-electron chi connectivity index (χ0n) is 19.5. The number of hydrogen-bond acceptors (Lipinski definition) is 6. The maximum absolute atomic E-state index is 13.7. The summed E-state index contributed by atoms with van der Waals surface area (Å²) in [6, 6.07) is 8.11. The lowest BCUT2D eigenvalue weighted by atomic mass is 10.1. The standard InChI is InChI=1S/C24H22F6N2O3S/c1-4-34-21(33)13-35-19-10-9-17(11-18(19)24(28,29)30)32(3)12-20-14(2)31-22(36-20)15-5-7-16(8-6-15)23(25,26)27/h5-11H,4,12-13H2,1-3H3. The Morgan fingerprint density at radius 3 is 2.28 bits per heavy atom. The molecule has 0 saturated carbocycles. The second kappa shape index (κ2) is 10.8. The Kier molecular flexibility index (Phi) is 8.17. The molecule has 194 valence electrons. The van der Waals surface area contributed by atoms with Crippen LogP contribution in [0.3, 0.4) is 0 Å². The zero-order valence-corrected chi connectivity index (χ0v) is 20.3. The minimum Gasteiger partial charge on any atom is -0.481 e. The predicted octanol–water partition coefficient (Wildman–Crippen LogP) is 6.73. The van der Waals surface area contributed by atoms with Gasteiger partial charge in [-0.3, -0.25) is 0 Å². The maximum atomic E-state index is 13.7. The number of carbonyl (C=O) groups excluding carboxylic acids is 1. The number of anilines is 1. The van der Waals surface area contributed by atoms with E-state index in [-0.39, 0.29) is 18.8 Å². The van der Waals surface area contributed by atoms with Gasteiger partial charge in [0.15, 0.2) is 6.61 Å². The van der Waals surface area contributed by atoms with E-state index in [9.17, 15) is 31.1 Å². The third kappa shape index (κ3) is 6.68. The number of esters is 1. The Bertz CT molecular complexity index is 1210. The van der Waals surface area contributed by atoms with Crippen molar-refractivity contribution in [3.8, 4) is 16.3 Å². The monoisotopic (exact) mass is 532 g/mol. The number of alkyl halides is 6. The van der Waals surface area contributed by atoms with Crippen molar-refractivity contribution in [3.05, 3.63) is 64.2 Å². The molecule has 0 unspecified atom stereocenters. The van der Waals surface area contributed by atoms with Crippen LogP contribution in [0.25, 0.3) is 10.6 Å². The number of nitrogens with zero attached hydrogens (tertiary/aromatic N) is 2. The fourth-order valence-electron chi connectivity index (χ4n) is 3.25. The largest absolute Gasteiger partial charge is 0.481 e. The summed E-state index contributed by atoms with van der Waals surface area (Å²) in [5.74, 6) is -1.28. The van der Waals surface area contributed by atoms with Crippen LogP contribution < -0.4 is 9.64 Å². The molecule has 3 rings (SSSR count). The highest BCUT2D eigenvalue weighted by Gasteiger charge is 2.35. The Labute approximate surface area is 207 Å². The first-order valence-electron chi connectivity index (χ1n) is 10.6. The average Bonchev–Trinajstić information content (AvgIpc) is 3.16. The number of benzene rings is 2. The van der Waals surface area contributed by atoms with Crippen LogP contribution in [0.15, 0.2) is 42.5 Å². The van der Waals surface area contributed by atoms with E-state index >= 15 is 0 Å². The molecule has 0 bridgehead atoms. The first-order valence-corrected chi connectivity index (χ1v) is 11.5. The van der Waals surface area contributed by atoms with Gasteiger partial charge in [-0.25, -0.2) is 9.78 Å². The van der Waals surface area contributed by atoms with E-state index in [1.54, 1.807) is 25.8 Å². The molecule has 0 aliphatic rings. The lowest BCUT2D eigenvalue weighted by molar-refractivity contribution is -0.147. The second-order valence-electron chi connectivity index (χ2n) is 7.73. The summed E-state index contributed by atoms with van der Waals surface area (Å²) in [7, 11) is 1.60. The lowest BCUT2D eigenvalue weighted by Gasteiger charge is -2.21. The Morgan fingerprint density at radius 1 is 1.03 bits per heavy atom. The van der Waals surface area contributed by atoms with Gasteiger partial charge < -0.3 is 14.4 Å². The fourth-order valence-corrected chi connectivity index (χ4v) is 4.37. The van der Waals surface area contributed by atoms with Gasteiger partial charge in [-0.05, 0) is 44.2 Å². The highest BCUT2D eigenvalue weighted by molar-refractivity contribution is 7.15. The third-order valence-corrected chi connectivity index (χ3v) is 6.28. The molecule has 2 aromatic carbocycles. The molecule has 0 aliphatic heterocycles. The molecule has 1 aromatic heterocycles. The van der Waals surface area contributed by atoms with Crippen LogP contribution in [-0.2, 0) is 28.4 Å². The SMILES string of the molecule is CCOC(=O)COc1ccc(N(C)Cc2sc(-c3ccc(C(F)(F)F)cc3)nc2C)cc1C(F)(F)F. The molecule has 0 N–H and O–H groups in total. The molecule has 3 aromatic rings. The number of ether oxygens (including phenoxy) is 2. The summed E-state index contributed by atoms with van der Waals surface area (Å²) in [5, 5.41) is 0.503. The van der Waals surface area contributed by atoms with Crippen molar-refractivity contribution < 1.29 is 40.6 Å². The zero-order chi connectivity index (χ0) is 26.7. The number of carbonyl (C=O) groups is 1. The van der Waals surface area contributed by atoms with Crippen LogP contribution in [-0.4, -0.2) is 31.2 Å². The van der Waals surface area contributed by atoms with E-state index < -0.39 is 41.8 Å². The van der Waals surface area contributed by atoms with E-state index in [0.29, 0.717) is 16.3 Å². The molecule has 0 atom stereocenters. The predicted molar refractivity (Wildman–Crippen MR) is 123 cm³/mol. The molecular weight excluding hydrogens is 510 g/mol. The summed E-state index contributed by atoms with van der Waals surface area (Å²) in [6.45, 7) is 2.93. The van der Waals surface area contributed by atoms with Crippen molar-refractivity contribution in [2.24, 2.45) is 0 Å². The van der Waals surface area contributed by atoms with Crippen LogP contribution in [0.1, 0.15) is 28.6 Å². The molecule has 0 aliphatic carbocycles. The van der Waals surface area contributed by atoms with Crippen molar-refractivity contribution >= 4 is 23.0 Å². The highest BCUT2D eigenvalue weighted by atomic mass is 32.1. The first kappa shape index (κ1) is 27.3. The van der Waals surface area contributed by atoms with E-state index in [1.165, 1.54) is 29.5 Å². The number of aryl methyl sites for hydroxylation is 1. The molecule has 0 spiro atoms. The highest BCUT2D eigenvalue weighted by Crippen LogP contribution is 2.39. The quantitative estimate of drug-likeness (QED) is 0.238. The molecule has 0 saturated heterocycles. The Hall–Kier alpha value is -3.28. The number of aromatic nitrogens is 1.